The normalized spacial score (nSPS) is 10.7. The molecule has 0 aliphatic carbocycles. The van der Waals surface area contributed by atoms with Crippen LogP contribution in [0, 0.1) is 5.82 Å². The van der Waals surface area contributed by atoms with Crippen molar-refractivity contribution in [2.24, 2.45) is 0 Å². The molecule has 0 fully saturated rings. The van der Waals surface area contributed by atoms with E-state index in [-0.39, 0.29) is 5.02 Å². The molecule has 1 N–H and O–H groups in total. The van der Waals surface area contributed by atoms with Gasteiger partial charge in [0.1, 0.15) is 30.0 Å². The summed E-state index contributed by atoms with van der Waals surface area (Å²) >= 11 is 5.75. The minimum Gasteiger partial charge on any atom is -0.459 e. The fourth-order valence-electron chi connectivity index (χ4n) is 1.73. The first-order valence-corrected chi connectivity index (χ1v) is 6.23. The topological polar surface area (TPSA) is 55.9 Å². The molecule has 2 heterocycles. The number of benzene rings is 1. The van der Waals surface area contributed by atoms with Crippen LogP contribution in [0.2, 0.25) is 5.02 Å². The molecule has 0 spiro atoms. The Kier molecular flexibility index (Phi) is 3.39. The second-order valence-corrected chi connectivity index (χ2v) is 4.51. The van der Waals surface area contributed by atoms with Gasteiger partial charge >= 0.3 is 0 Å². The first-order chi connectivity index (χ1) is 9.72. The average molecular weight is 293 g/mol. The highest BCUT2D eigenvalue weighted by Gasteiger charge is 2.07. The molecule has 0 aliphatic rings. The van der Waals surface area contributed by atoms with Crippen LogP contribution in [0.3, 0.4) is 0 Å². The summed E-state index contributed by atoms with van der Waals surface area (Å²) in [7, 11) is 0. The van der Waals surface area contributed by atoms with Gasteiger partial charge in [-0.25, -0.2) is 9.07 Å². The number of nitrogens with one attached hydrogen (secondary N) is 1. The Morgan fingerprint density at radius 3 is 2.75 bits per heavy atom. The lowest BCUT2D eigenvalue weighted by molar-refractivity contribution is 0.522. The molecule has 20 heavy (non-hydrogen) atoms. The first kappa shape index (κ1) is 12.7. The van der Waals surface area contributed by atoms with E-state index in [9.17, 15) is 4.39 Å². The highest BCUT2D eigenvalue weighted by molar-refractivity contribution is 6.31. The van der Waals surface area contributed by atoms with Gasteiger partial charge in [0.25, 0.3) is 0 Å². The Hall–Kier alpha value is -2.34. The molecule has 0 saturated carbocycles. The lowest BCUT2D eigenvalue weighted by atomic mass is 10.2. The molecule has 0 saturated heterocycles. The maximum atomic E-state index is 13.1. The molecular weight excluding hydrogens is 283 g/mol. The predicted molar refractivity (Wildman–Crippen MR) is 72.2 cm³/mol. The molecule has 0 unspecified atom stereocenters. The molecule has 5 nitrogen and oxygen atoms in total. The summed E-state index contributed by atoms with van der Waals surface area (Å²) in [5, 5.41) is 7.42. The van der Waals surface area contributed by atoms with Gasteiger partial charge in [-0.05, 0) is 30.3 Å². The van der Waals surface area contributed by atoms with Crippen molar-refractivity contribution in [1.29, 1.82) is 0 Å². The minimum atomic E-state index is -0.448. The summed E-state index contributed by atoms with van der Waals surface area (Å²) in [4.78, 5) is 0. The third kappa shape index (κ3) is 2.65. The lowest BCUT2D eigenvalue weighted by Crippen LogP contribution is -2.11. The average Bonchev–Trinajstić information content (AvgIpc) is 3.10. The Labute approximate surface area is 119 Å². The largest absolute Gasteiger partial charge is 0.459 e. The number of hydrogen-bond acceptors (Lipinski definition) is 4. The van der Waals surface area contributed by atoms with E-state index in [2.05, 4.69) is 15.6 Å². The van der Waals surface area contributed by atoms with Crippen LogP contribution in [0.25, 0.3) is 11.3 Å². The summed E-state index contributed by atoms with van der Waals surface area (Å²) in [6, 6.07) is 8.12. The van der Waals surface area contributed by atoms with Gasteiger partial charge in [0.2, 0.25) is 0 Å². The molecule has 0 amide bonds. The molecule has 0 radical (unpaired) electrons. The molecule has 0 aliphatic heterocycles. The zero-order valence-corrected chi connectivity index (χ0v) is 11.0. The van der Waals surface area contributed by atoms with Crippen LogP contribution in [-0.2, 0) is 6.54 Å². The number of rotatable bonds is 4. The van der Waals surface area contributed by atoms with Crippen LogP contribution in [-0.4, -0.2) is 14.9 Å². The number of nitrogens with zero attached hydrogens (tertiary/aromatic N) is 3. The van der Waals surface area contributed by atoms with Gasteiger partial charge in [-0.2, -0.15) is 0 Å². The SMILES string of the molecule is Fc1ccc(-c2ccc(CNn3cnnc3)o2)cc1Cl. The molecule has 2 aromatic heterocycles. The molecule has 0 bridgehead atoms. The van der Waals surface area contributed by atoms with Gasteiger partial charge < -0.3 is 9.84 Å². The van der Waals surface area contributed by atoms with Crippen LogP contribution in [0.5, 0.6) is 0 Å². The number of hydrogen-bond donors (Lipinski definition) is 1. The Morgan fingerprint density at radius 2 is 2.00 bits per heavy atom. The van der Waals surface area contributed by atoms with Gasteiger partial charge in [-0.3, -0.25) is 0 Å². The lowest BCUT2D eigenvalue weighted by Gasteiger charge is -2.03. The molecule has 1 aromatic carbocycles. The predicted octanol–water partition coefficient (Wildman–Crippen LogP) is 3.07. The molecule has 7 heteroatoms. The molecule has 3 aromatic rings. The number of aromatic nitrogens is 3. The van der Waals surface area contributed by atoms with Crippen molar-refractivity contribution in [3.05, 3.63) is 59.6 Å². The van der Waals surface area contributed by atoms with Gasteiger partial charge in [0.15, 0.2) is 0 Å². The van der Waals surface area contributed by atoms with E-state index in [1.54, 1.807) is 23.4 Å². The van der Waals surface area contributed by atoms with E-state index in [1.165, 1.54) is 12.1 Å². The fourth-order valence-corrected chi connectivity index (χ4v) is 1.91. The van der Waals surface area contributed by atoms with Gasteiger partial charge in [0.05, 0.1) is 11.6 Å². The van der Waals surface area contributed by atoms with Crippen LogP contribution in [0.15, 0.2) is 47.4 Å². The maximum absolute atomic E-state index is 13.1. The van der Waals surface area contributed by atoms with Crippen molar-refractivity contribution in [1.82, 2.24) is 14.9 Å². The van der Waals surface area contributed by atoms with Crippen molar-refractivity contribution in [3.8, 4) is 11.3 Å². The summed E-state index contributed by atoms with van der Waals surface area (Å²) in [5.41, 5.74) is 3.77. The zero-order valence-electron chi connectivity index (χ0n) is 10.3. The van der Waals surface area contributed by atoms with E-state index in [0.29, 0.717) is 12.3 Å². The number of halogens is 2. The third-order valence-electron chi connectivity index (χ3n) is 2.72. The second-order valence-electron chi connectivity index (χ2n) is 4.10. The van der Waals surface area contributed by atoms with Gasteiger partial charge in [-0.15, -0.1) is 10.2 Å². The Balaban J connectivity index is 1.74. The summed E-state index contributed by atoms with van der Waals surface area (Å²) in [6.45, 7) is 0.479. The quantitative estimate of drug-likeness (QED) is 0.803. The smallest absolute Gasteiger partial charge is 0.141 e. The first-order valence-electron chi connectivity index (χ1n) is 5.85. The van der Waals surface area contributed by atoms with Crippen molar-refractivity contribution in [2.75, 3.05) is 5.43 Å². The molecule has 3 rings (SSSR count). The van der Waals surface area contributed by atoms with Crippen LogP contribution in [0.1, 0.15) is 5.76 Å². The van der Waals surface area contributed by atoms with Crippen molar-refractivity contribution in [3.63, 3.8) is 0 Å². The van der Waals surface area contributed by atoms with Crippen molar-refractivity contribution >= 4 is 11.6 Å². The van der Waals surface area contributed by atoms with E-state index >= 15 is 0 Å². The van der Waals surface area contributed by atoms with Gasteiger partial charge in [0, 0.05) is 5.56 Å². The summed E-state index contributed by atoms with van der Waals surface area (Å²) < 4.78 is 20.4. The highest BCUT2D eigenvalue weighted by atomic mass is 35.5. The fraction of sp³-hybridized carbons (Fsp3) is 0.0769. The van der Waals surface area contributed by atoms with E-state index < -0.39 is 5.82 Å². The summed E-state index contributed by atoms with van der Waals surface area (Å²) in [5.74, 6) is 0.915. The highest BCUT2D eigenvalue weighted by Crippen LogP contribution is 2.26. The number of furan rings is 1. The standard InChI is InChI=1S/C13H10ClFN4O/c14-11-5-9(1-3-12(11)15)13-4-2-10(20-13)6-18-19-7-16-17-8-19/h1-5,7-8,18H,6H2. The van der Waals surface area contributed by atoms with Gasteiger partial charge in [-0.1, -0.05) is 11.6 Å². The van der Waals surface area contributed by atoms with Crippen molar-refractivity contribution in [2.45, 2.75) is 6.54 Å². The van der Waals surface area contributed by atoms with Crippen LogP contribution >= 0.6 is 11.6 Å². The van der Waals surface area contributed by atoms with Crippen LogP contribution in [0.4, 0.5) is 4.39 Å². The Morgan fingerprint density at radius 1 is 1.20 bits per heavy atom. The summed E-state index contributed by atoms with van der Waals surface area (Å²) in [6.07, 6.45) is 3.09. The van der Waals surface area contributed by atoms with Crippen LogP contribution < -0.4 is 5.43 Å². The third-order valence-corrected chi connectivity index (χ3v) is 3.01. The zero-order chi connectivity index (χ0) is 13.9. The van der Waals surface area contributed by atoms with Crippen molar-refractivity contribution < 1.29 is 8.81 Å². The Bertz CT molecular complexity index is 711. The molecular formula is C13H10ClFN4O. The minimum absolute atomic E-state index is 0.0723. The molecule has 102 valence electrons. The van der Waals surface area contributed by atoms with E-state index in [4.69, 9.17) is 16.0 Å². The van der Waals surface area contributed by atoms with E-state index in [1.807, 2.05) is 12.1 Å². The van der Waals surface area contributed by atoms with E-state index in [0.717, 1.165) is 11.3 Å². The second kappa shape index (κ2) is 5.34. The maximum Gasteiger partial charge on any atom is 0.141 e. The molecule has 0 atom stereocenters. The monoisotopic (exact) mass is 292 g/mol.